The highest BCUT2D eigenvalue weighted by molar-refractivity contribution is 5.86. The second kappa shape index (κ2) is 2.86. The lowest BCUT2D eigenvalue weighted by Crippen LogP contribution is -2.07. The molecule has 0 saturated carbocycles. The van der Waals surface area contributed by atoms with Crippen molar-refractivity contribution in [1.29, 1.82) is 0 Å². The summed E-state index contributed by atoms with van der Waals surface area (Å²) in [5.74, 6) is 0.166. The van der Waals surface area contributed by atoms with Gasteiger partial charge >= 0.3 is 5.63 Å². The van der Waals surface area contributed by atoms with E-state index in [0.29, 0.717) is 5.58 Å². The minimum absolute atomic E-state index is 0.166. The van der Waals surface area contributed by atoms with E-state index in [1.54, 1.807) is 12.1 Å². The molecule has 3 rings (SSSR count). The summed E-state index contributed by atoms with van der Waals surface area (Å²) in [6.45, 7) is 0. The van der Waals surface area contributed by atoms with Crippen molar-refractivity contribution in [3.05, 3.63) is 39.7 Å². The molecule has 0 spiro atoms. The maximum atomic E-state index is 11.3. The molecule has 2 aromatic rings. The summed E-state index contributed by atoms with van der Waals surface area (Å²) in [6.07, 6.45) is 2.88. The monoisotopic (exact) mass is 202 g/mol. The van der Waals surface area contributed by atoms with Crippen LogP contribution in [0.15, 0.2) is 27.4 Å². The van der Waals surface area contributed by atoms with Crippen LogP contribution in [0.3, 0.4) is 0 Å². The maximum Gasteiger partial charge on any atom is 0.336 e. The minimum Gasteiger partial charge on any atom is -0.508 e. The highest BCUT2D eigenvalue weighted by Crippen LogP contribution is 2.31. The van der Waals surface area contributed by atoms with E-state index in [2.05, 4.69) is 0 Å². The Hall–Kier alpha value is -1.77. The first kappa shape index (κ1) is 8.53. The molecule has 1 aromatic carbocycles. The fraction of sp³-hybridized carbons (Fsp3) is 0.250. The molecule has 1 aliphatic carbocycles. The lowest BCUT2D eigenvalue weighted by Gasteiger charge is -2.15. The van der Waals surface area contributed by atoms with Crippen molar-refractivity contribution in [3.8, 4) is 5.75 Å². The standard InChI is InChI=1S/C12H10O3/c13-9-4-7-2-1-3-8-5-11(14)15-10(6-9)12(7)8/h4-6,13H,1-3H2. The lowest BCUT2D eigenvalue weighted by molar-refractivity contribution is 0.471. The van der Waals surface area contributed by atoms with E-state index >= 15 is 0 Å². The third kappa shape index (κ3) is 1.23. The average Bonchev–Trinajstić information content (AvgIpc) is 2.16. The van der Waals surface area contributed by atoms with Crippen molar-refractivity contribution in [3.63, 3.8) is 0 Å². The van der Waals surface area contributed by atoms with Gasteiger partial charge in [-0.25, -0.2) is 4.79 Å². The average molecular weight is 202 g/mol. The van der Waals surface area contributed by atoms with Crippen molar-refractivity contribution in [1.82, 2.24) is 0 Å². The molecule has 15 heavy (non-hydrogen) atoms. The molecule has 3 nitrogen and oxygen atoms in total. The van der Waals surface area contributed by atoms with Crippen molar-refractivity contribution >= 4 is 11.0 Å². The number of aromatic hydroxyl groups is 1. The molecule has 0 unspecified atom stereocenters. The van der Waals surface area contributed by atoms with Crippen LogP contribution < -0.4 is 5.63 Å². The van der Waals surface area contributed by atoms with Crippen LogP contribution in [0.2, 0.25) is 0 Å². The van der Waals surface area contributed by atoms with Gasteiger partial charge in [0.1, 0.15) is 11.3 Å². The number of phenols is 1. The second-order valence-electron chi connectivity index (χ2n) is 3.92. The molecule has 1 aromatic heterocycles. The SMILES string of the molecule is O=c1cc2c3c(cc(O)cc3o1)CCC2. The predicted molar refractivity (Wildman–Crippen MR) is 56.2 cm³/mol. The summed E-state index contributed by atoms with van der Waals surface area (Å²) >= 11 is 0. The molecular formula is C12H10O3. The van der Waals surface area contributed by atoms with Crippen LogP contribution in [0.1, 0.15) is 17.5 Å². The van der Waals surface area contributed by atoms with Gasteiger partial charge in [-0.15, -0.1) is 0 Å². The van der Waals surface area contributed by atoms with Gasteiger partial charge in [-0.2, -0.15) is 0 Å². The molecule has 0 bridgehead atoms. The lowest BCUT2D eigenvalue weighted by atomic mass is 9.91. The zero-order valence-electron chi connectivity index (χ0n) is 8.12. The number of phenolic OH excluding ortho intramolecular Hbond substituents is 1. The summed E-state index contributed by atoms with van der Waals surface area (Å²) in [5.41, 5.74) is 2.29. The number of hydrogen-bond donors (Lipinski definition) is 1. The Balaban J connectivity index is 2.53. The van der Waals surface area contributed by atoms with Crippen LogP contribution >= 0.6 is 0 Å². The number of benzene rings is 1. The van der Waals surface area contributed by atoms with Crippen LogP contribution in [0.5, 0.6) is 5.75 Å². The van der Waals surface area contributed by atoms with Crippen molar-refractivity contribution in [2.24, 2.45) is 0 Å². The Morgan fingerprint density at radius 1 is 1.13 bits per heavy atom. The van der Waals surface area contributed by atoms with Crippen molar-refractivity contribution in [2.45, 2.75) is 19.3 Å². The quantitative estimate of drug-likeness (QED) is 0.664. The van der Waals surface area contributed by atoms with Crippen LogP contribution in [-0.2, 0) is 12.8 Å². The Morgan fingerprint density at radius 2 is 1.87 bits per heavy atom. The van der Waals surface area contributed by atoms with E-state index in [9.17, 15) is 9.90 Å². The third-order valence-electron chi connectivity index (χ3n) is 2.88. The van der Waals surface area contributed by atoms with Gasteiger partial charge in [0.2, 0.25) is 0 Å². The van der Waals surface area contributed by atoms with Crippen molar-refractivity contribution < 1.29 is 9.52 Å². The first-order valence-electron chi connectivity index (χ1n) is 5.03. The van der Waals surface area contributed by atoms with E-state index in [1.807, 2.05) is 0 Å². The molecule has 3 heteroatoms. The molecule has 0 saturated heterocycles. The van der Waals surface area contributed by atoms with Gasteiger partial charge in [0.25, 0.3) is 0 Å². The summed E-state index contributed by atoms with van der Waals surface area (Å²) in [7, 11) is 0. The van der Waals surface area contributed by atoms with Gasteiger partial charge in [-0.3, -0.25) is 0 Å². The fourth-order valence-corrected chi connectivity index (χ4v) is 2.32. The van der Waals surface area contributed by atoms with Gasteiger partial charge in [-0.05, 0) is 36.5 Å². The Bertz CT molecular complexity index is 596. The molecule has 0 atom stereocenters. The molecule has 0 fully saturated rings. The van der Waals surface area contributed by atoms with Gasteiger partial charge in [0, 0.05) is 17.5 Å². The van der Waals surface area contributed by atoms with E-state index in [0.717, 1.165) is 35.8 Å². The predicted octanol–water partition coefficient (Wildman–Crippen LogP) is 1.99. The summed E-state index contributed by atoms with van der Waals surface area (Å²) in [4.78, 5) is 11.3. The maximum absolute atomic E-state index is 11.3. The normalized spacial score (nSPS) is 14.4. The van der Waals surface area contributed by atoms with E-state index in [4.69, 9.17) is 4.42 Å². The highest BCUT2D eigenvalue weighted by Gasteiger charge is 2.15. The molecule has 76 valence electrons. The minimum atomic E-state index is -0.337. The first-order valence-corrected chi connectivity index (χ1v) is 5.03. The number of aryl methyl sites for hydroxylation is 2. The molecule has 0 amide bonds. The zero-order chi connectivity index (χ0) is 10.4. The molecule has 0 radical (unpaired) electrons. The summed E-state index contributed by atoms with van der Waals surface area (Å²) in [5, 5.41) is 10.5. The largest absolute Gasteiger partial charge is 0.508 e. The molecule has 1 N–H and O–H groups in total. The van der Waals surface area contributed by atoms with Gasteiger partial charge < -0.3 is 9.52 Å². The van der Waals surface area contributed by atoms with E-state index < -0.39 is 0 Å². The number of hydrogen-bond acceptors (Lipinski definition) is 3. The highest BCUT2D eigenvalue weighted by atomic mass is 16.4. The van der Waals surface area contributed by atoms with Crippen LogP contribution in [0.25, 0.3) is 11.0 Å². The Kier molecular flexibility index (Phi) is 1.63. The number of rotatable bonds is 0. The van der Waals surface area contributed by atoms with Crippen LogP contribution in [-0.4, -0.2) is 5.11 Å². The molecular weight excluding hydrogens is 192 g/mol. The fourth-order valence-electron chi connectivity index (χ4n) is 2.32. The Morgan fingerprint density at radius 3 is 2.67 bits per heavy atom. The van der Waals surface area contributed by atoms with Crippen LogP contribution in [0, 0.1) is 0 Å². The smallest absolute Gasteiger partial charge is 0.336 e. The topological polar surface area (TPSA) is 50.4 Å². The summed E-state index contributed by atoms with van der Waals surface area (Å²) in [6, 6.07) is 4.82. The molecule has 0 aliphatic heterocycles. The van der Waals surface area contributed by atoms with Gasteiger partial charge in [-0.1, -0.05) is 0 Å². The summed E-state index contributed by atoms with van der Waals surface area (Å²) < 4.78 is 5.08. The van der Waals surface area contributed by atoms with E-state index in [-0.39, 0.29) is 11.4 Å². The van der Waals surface area contributed by atoms with Crippen LogP contribution in [0.4, 0.5) is 0 Å². The van der Waals surface area contributed by atoms with Crippen molar-refractivity contribution in [2.75, 3.05) is 0 Å². The zero-order valence-corrected chi connectivity index (χ0v) is 8.12. The first-order chi connectivity index (χ1) is 7.24. The molecule has 1 aliphatic rings. The third-order valence-corrected chi connectivity index (χ3v) is 2.88. The van der Waals surface area contributed by atoms with Gasteiger partial charge in [0.15, 0.2) is 0 Å². The Labute approximate surface area is 86.0 Å². The van der Waals surface area contributed by atoms with E-state index in [1.165, 1.54) is 6.07 Å². The second-order valence-corrected chi connectivity index (χ2v) is 3.92. The molecule has 1 heterocycles. The van der Waals surface area contributed by atoms with Gasteiger partial charge in [0.05, 0.1) is 0 Å².